The number of nitrogens with zero attached hydrogens (tertiary/aromatic N) is 1. The number of pyridine rings is 1. The fraction of sp³-hybridized carbons (Fsp3) is 0.405. The van der Waals surface area contributed by atoms with E-state index in [-0.39, 0.29) is 68.1 Å². The molecule has 9 nitrogen and oxygen atoms in total. The second kappa shape index (κ2) is 22.4. The van der Waals surface area contributed by atoms with Crippen LogP contribution in [0.5, 0.6) is 0 Å². The molecule has 1 amide bonds. The summed E-state index contributed by atoms with van der Waals surface area (Å²) in [4.78, 5) is 29.6. The van der Waals surface area contributed by atoms with Gasteiger partial charge in [0.05, 0.1) is 24.2 Å². The highest BCUT2D eigenvalue weighted by Gasteiger charge is 2.40. The molecule has 0 saturated heterocycles. The summed E-state index contributed by atoms with van der Waals surface area (Å²) >= 11 is 0. The number of halogens is 2. The van der Waals surface area contributed by atoms with Gasteiger partial charge in [0.1, 0.15) is 6.61 Å². The minimum absolute atomic E-state index is 0. The number of fused-ring (bicyclic) bond motifs is 1. The summed E-state index contributed by atoms with van der Waals surface area (Å²) in [5.41, 5.74) is 9.48. The number of carbonyl (C=O) groups is 2. The van der Waals surface area contributed by atoms with E-state index in [0.717, 1.165) is 28.3 Å². The molecular weight excluding hydrogens is 713 g/mol. The number of hydrogen-bond acceptors (Lipinski definition) is 8. The van der Waals surface area contributed by atoms with Crippen LogP contribution in [0.15, 0.2) is 103 Å². The summed E-state index contributed by atoms with van der Waals surface area (Å²) in [7, 11) is 0. The first-order chi connectivity index (χ1) is 24.8. The van der Waals surface area contributed by atoms with E-state index in [1.165, 1.54) is 5.56 Å². The van der Waals surface area contributed by atoms with Crippen molar-refractivity contribution in [3.05, 3.63) is 120 Å². The number of unbranched alkanes of at least 4 members (excludes halogenated alkanes) is 1. The standard InChI is InChI=1S/C42H51N3O6.2ClH/c43-26-38(42(50)45-34-18-17-33-27-44-23-22-32(33)24-34)31-15-12-30(13-16-31)28-51-41(49)11-7-2-1-6-10-36-37(40(48)25-39(36)47)21-20-35(46)19-14-29-8-4-3-5-9-29;;/h1,3-6,8-9,12-13,15-18,22-24,27,35-40,46-48H,2,7,10-11,14,19-21,25-26,28,43H2,(H,45,50);2*1H/t35-,36+,37+,38?,39+,40+;;/m0../s1. The summed E-state index contributed by atoms with van der Waals surface area (Å²) in [6.45, 7) is 0.292. The molecule has 11 heteroatoms. The summed E-state index contributed by atoms with van der Waals surface area (Å²) in [5, 5.41) is 36.7. The topological polar surface area (TPSA) is 155 Å². The van der Waals surface area contributed by atoms with E-state index in [4.69, 9.17) is 10.5 Å². The van der Waals surface area contributed by atoms with Crippen molar-refractivity contribution in [2.24, 2.45) is 17.6 Å². The molecule has 1 aromatic heterocycles. The van der Waals surface area contributed by atoms with E-state index in [1.807, 2.05) is 78.9 Å². The maximum absolute atomic E-state index is 13.1. The van der Waals surface area contributed by atoms with E-state index >= 15 is 0 Å². The first kappa shape index (κ1) is 43.6. The van der Waals surface area contributed by atoms with Crippen LogP contribution in [0.3, 0.4) is 0 Å². The molecule has 3 aromatic carbocycles. The fourth-order valence-electron chi connectivity index (χ4n) is 7.02. The number of nitrogens with two attached hydrogens (primary N) is 1. The van der Waals surface area contributed by atoms with E-state index in [1.54, 1.807) is 12.4 Å². The summed E-state index contributed by atoms with van der Waals surface area (Å²) in [6, 6.07) is 25.0. The molecule has 0 aliphatic heterocycles. The number of hydrogen-bond donors (Lipinski definition) is 5. The van der Waals surface area contributed by atoms with E-state index < -0.39 is 24.2 Å². The Morgan fingerprint density at radius 3 is 2.42 bits per heavy atom. The number of aromatic nitrogens is 1. The molecule has 0 radical (unpaired) electrons. The summed E-state index contributed by atoms with van der Waals surface area (Å²) in [6.07, 6.45) is 11.4. The largest absolute Gasteiger partial charge is 0.461 e. The molecule has 1 aliphatic rings. The Morgan fingerprint density at radius 2 is 1.66 bits per heavy atom. The van der Waals surface area contributed by atoms with Crippen LogP contribution < -0.4 is 11.1 Å². The number of aliphatic hydroxyl groups excluding tert-OH is 3. The van der Waals surface area contributed by atoms with Crippen LogP contribution in [0, 0.1) is 11.8 Å². The first-order valence-electron chi connectivity index (χ1n) is 18.1. The predicted molar refractivity (Wildman–Crippen MR) is 214 cm³/mol. The highest BCUT2D eigenvalue weighted by Crippen LogP contribution is 2.38. The lowest BCUT2D eigenvalue weighted by Crippen LogP contribution is -2.27. The van der Waals surface area contributed by atoms with Gasteiger partial charge in [0.25, 0.3) is 0 Å². The molecule has 0 bridgehead atoms. The van der Waals surface area contributed by atoms with E-state index in [2.05, 4.69) is 22.4 Å². The Bertz CT molecular complexity index is 1730. The van der Waals surface area contributed by atoms with Gasteiger partial charge in [0, 0.05) is 36.4 Å². The van der Waals surface area contributed by atoms with Crippen molar-refractivity contribution in [3.63, 3.8) is 0 Å². The molecular formula is C42H53Cl2N3O6. The van der Waals surface area contributed by atoms with Gasteiger partial charge in [-0.3, -0.25) is 14.6 Å². The number of aryl methyl sites for hydroxylation is 1. The molecule has 1 unspecified atom stereocenters. The number of benzene rings is 3. The maximum atomic E-state index is 13.1. The monoisotopic (exact) mass is 765 g/mol. The SMILES string of the molecule is Cl.Cl.NCC(C(=O)Nc1ccc2cnccc2c1)c1ccc(COC(=O)CCCC=CC[C@@H]2[C@@H](CC[C@@H](O)CCc3ccccc3)[C@H](O)C[C@H]2O)cc1. The van der Waals surface area contributed by atoms with Crippen LogP contribution in [0.1, 0.15) is 74.0 Å². The average Bonchev–Trinajstić information content (AvgIpc) is 3.42. The molecule has 1 heterocycles. The third kappa shape index (κ3) is 13.2. The summed E-state index contributed by atoms with van der Waals surface area (Å²) in [5.74, 6) is -1.10. The first-order valence-corrected chi connectivity index (χ1v) is 18.1. The molecule has 0 spiro atoms. The molecule has 1 aliphatic carbocycles. The van der Waals surface area contributed by atoms with Crippen molar-refractivity contribution in [2.75, 3.05) is 11.9 Å². The molecule has 53 heavy (non-hydrogen) atoms. The van der Waals surface area contributed by atoms with Crippen molar-refractivity contribution in [1.29, 1.82) is 0 Å². The Labute approximate surface area is 324 Å². The lowest BCUT2D eigenvalue weighted by Gasteiger charge is -2.23. The van der Waals surface area contributed by atoms with Gasteiger partial charge in [0.15, 0.2) is 0 Å². The number of ether oxygens (including phenoxy) is 1. The number of anilines is 1. The van der Waals surface area contributed by atoms with Gasteiger partial charge in [-0.2, -0.15) is 0 Å². The lowest BCUT2D eigenvalue weighted by atomic mass is 9.85. The van der Waals surface area contributed by atoms with Crippen LogP contribution in [0.25, 0.3) is 10.8 Å². The van der Waals surface area contributed by atoms with E-state index in [9.17, 15) is 24.9 Å². The van der Waals surface area contributed by atoms with Crippen molar-refractivity contribution in [3.8, 4) is 0 Å². The zero-order valence-electron chi connectivity index (χ0n) is 30.0. The second-order valence-electron chi connectivity index (χ2n) is 13.7. The number of nitrogens with one attached hydrogen (secondary N) is 1. The van der Waals surface area contributed by atoms with Crippen LogP contribution in [0.4, 0.5) is 5.69 Å². The van der Waals surface area contributed by atoms with Gasteiger partial charge in [-0.05, 0) is 103 Å². The second-order valence-corrected chi connectivity index (χ2v) is 13.7. The normalized spacial score (nSPS) is 19.2. The van der Waals surface area contributed by atoms with Gasteiger partial charge in [0.2, 0.25) is 5.91 Å². The van der Waals surface area contributed by atoms with Crippen molar-refractivity contribution >= 4 is 53.2 Å². The highest BCUT2D eigenvalue weighted by molar-refractivity contribution is 5.98. The van der Waals surface area contributed by atoms with Gasteiger partial charge < -0.3 is 31.1 Å². The zero-order valence-corrected chi connectivity index (χ0v) is 31.6. The fourth-order valence-corrected chi connectivity index (χ4v) is 7.02. The minimum atomic E-state index is -0.563. The number of rotatable bonds is 18. The van der Waals surface area contributed by atoms with Gasteiger partial charge >= 0.3 is 5.97 Å². The zero-order chi connectivity index (χ0) is 36.0. The van der Waals surface area contributed by atoms with Crippen LogP contribution in [0.2, 0.25) is 0 Å². The van der Waals surface area contributed by atoms with Crippen molar-refractivity contribution < 1.29 is 29.6 Å². The Hall–Kier alpha value is -3.83. The third-order valence-corrected chi connectivity index (χ3v) is 10.0. The van der Waals surface area contributed by atoms with Crippen molar-refractivity contribution in [1.82, 2.24) is 4.98 Å². The maximum Gasteiger partial charge on any atom is 0.306 e. The Balaban J connectivity index is 0.00000378. The highest BCUT2D eigenvalue weighted by atomic mass is 35.5. The number of esters is 1. The van der Waals surface area contributed by atoms with Crippen LogP contribution in [-0.2, 0) is 27.4 Å². The van der Waals surface area contributed by atoms with Gasteiger partial charge in [-0.15, -0.1) is 24.8 Å². The number of carbonyl (C=O) groups excluding carboxylic acids is 2. The molecule has 6 atom stereocenters. The quantitative estimate of drug-likeness (QED) is 0.0410. The average molecular weight is 767 g/mol. The predicted octanol–water partition coefficient (Wildman–Crippen LogP) is 7.05. The van der Waals surface area contributed by atoms with Gasteiger partial charge in [-0.1, -0.05) is 72.8 Å². The molecule has 286 valence electrons. The van der Waals surface area contributed by atoms with Crippen LogP contribution >= 0.6 is 24.8 Å². The minimum Gasteiger partial charge on any atom is -0.461 e. The molecule has 6 N–H and O–H groups in total. The third-order valence-electron chi connectivity index (χ3n) is 10.0. The molecule has 4 aromatic rings. The molecule has 1 fully saturated rings. The Morgan fingerprint density at radius 1 is 0.906 bits per heavy atom. The van der Waals surface area contributed by atoms with Crippen LogP contribution in [-0.4, -0.2) is 57.0 Å². The number of allylic oxidation sites excluding steroid dienone is 2. The summed E-state index contributed by atoms with van der Waals surface area (Å²) < 4.78 is 5.48. The van der Waals surface area contributed by atoms with Crippen molar-refractivity contribution in [2.45, 2.75) is 88.6 Å². The van der Waals surface area contributed by atoms with E-state index in [0.29, 0.717) is 50.6 Å². The molecule has 5 rings (SSSR count). The Kier molecular flexibility index (Phi) is 18.4. The lowest BCUT2D eigenvalue weighted by molar-refractivity contribution is -0.145. The smallest absolute Gasteiger partial charge is 0.306 e. The number of amides is 1. The number of aliphatic hydroxyl groups is 3. The van der Waals surface area contributed by atoms with Gasteiger partial charge in [-0.25, -0.2) is 0 Å². The molecule has 1 saturated carbocycles.